The molecule has 0 spiro atoms. The van der Waals surface area contributed by atoms with Crippen molar-refractivity contribution >= 4 is 23.0 Å². The molecule has 1 N–H and O–H groups in total. The Hall–Kier alpha value is -1.60. The minimum Gasteiger partial charge on any atom is -0.345 e. The number of nitrogens with zero attached hydrogens (tertiary/aromatic N) is 2. The van der Waals surface area contributed by atoms with E-state index in [0.29, 0.717) is 12.5 Å². The average Bonchev–Trinajstić information content (AvgIpc) is 2.51. The largest absolute Gasteiger partial charge is 0.345 e. The maximum Gasteiger partial charge on any atom is 0.173 e. The van der Waals surface area contributed by atoms with Crippen LogP contribution >= 0.6 is 12.2 Å². The summed E-state index contributed by atoms with van der Waals surface area (Å²) in [6.07, 6.45) is 6.73. The number of thiocarbonyl (C=S) groups is 1. The van der Waals surface area contributed by atoms with Gasteiger partial charge in [-0.25, -0.2) is 0 Å². The van der Waals surface area contributed by atoms with E-state index >= 15 is 0 Å². The van der Waals surface area contributed by atoms with Crippen molar-refractivity contribution in [3.05, 3.63) is 29.8 Å². The molecule has 1 fully saturated rings. The van der Waals surface area contributed by atoms with Gasteiger partial charge < -0.3 is 10.2 Å². The van der Waals surface area contributed by atoms with Gasteiger partial charge in [-0.15, -0.1) is 0 Å². The summed E-state index contributed by atoms with van der Waals surface area (Å²) in [5.41, 5.74) is 2.25. The Morgan fingerprint density at radius 1 is 1.29 bits per heavy atom. The Morgan fingerprint density at radius 2 is 1.95 bits per heavy atom. The first-order chi connectivity index (χ1) is 10.2. The fourth-order valence-corrected chi connectivity index (χ4v) is 3.20. The van der Waals surface area contributed by atoms with Crippen LogP contribution in [0.15, 0.2) is 24.3 Å². The molecule has 1 aliphatic rings. The molecule has 0 aliphatic heterocycles. The minimum absolute atomic E-state index is 0.484. The molecule has 1 aliphatic carbocycles. The molecular formula is C17H23N3S. The average molecular weight is 301 g/mol. The normalized spacial score (nSPS) is 15.2. The number of hydrogen-bond acceptors (Lipinski definition) is 2. The maximum atomic E-state index is 8.88. The second kappa shape index (κ2) is 7.99. The van der Waals surface area contributed by atoms with Crippen LogP contribution in [0.5, 0.6) is 0 Å². The molecule has 0 saturated heterocycles. The van der Waals surface area contributed by atoms with E-state index < -0.39 is 0 Å². The molecule has 0 bridgehead atoms. The summed E-state index contributed by atoms with van der Waals surface area (Å²) in [7, 11) is 0. The maximum absolute atomic E-state index is 8.88. The molecule has 0 unspecified atom stereocenters. The molecule has 1 saturated carbocycles. The number of rotatable bonds is 4. The molecule has 0 heterocycles. The first-order valence-corrected chi connectivity index (χ1v) is 8.13. The summed E-state index contributed by atoms with van der Waals surface area (Å²) >= 11 is 5.59. The van der Waals surface area contributed by atoms with Crippen LogP contribution in [0.25, 0.3) is 0 Å². The van der Waals surface area contributed by atoms with Crippen LogP contribution in [-0.4, -0.2) is 22.6 Å². The molecule has 1 aromatic rings. The van der Waals surface area contributed by atoms with Crippen LogP contribution < -0.4 is 5.32 Å². The molecule has 0 amide bonds. The first kappa shape index (κ1) is 15.8. The van der Waals surface area contributed by atoms with Crippen molar-refractivity contribution < 1.29 is 0 Å². The molecule has 21 heavy (non-hydrogen) atoms. The predicted octanol–water partition coefficient (Wildman–Crippen LogP) is 4.24. The van der Waals surface area contributed by atoms with Crippen LogP contribution in [0.2, 0.25) is 0 Å². The summed E-state index contributed by atoms with van der Waals surface area (Å²) in [5, 5.41) is 12.9. The van der Waals surface area contributed by atoms with Crippen LogP contribution in [0, 0.1) is 18.3 Å². The molecule has 0 atom stereocenters. The molecule has 2 rings (SSSR count). The number of aryl methyl sites for hydroxylation is 1. The van der Waals surface area contributed by atoms with E-state index in [4.69, 9.17) is 17.5 Å². The molecule has 3 nitrogen and oxygen atoms in total. The predicted molar refractivity (Wildman–Crippen MR) is 91.2 cm³/mol. The van der Waals surface area contributed by atoms with Crippen molar-refractivity contribution in [3.63, 3.8) is 0 Å². The fourth-order valence-electron chi connectivity index (χ4n) is 2.85. The van der Waals surface area contributed by atoms with Gasteiger partial charge in [0.05, 0.1) is 12.5 Å². The van der Waals surface area contributed by atoms with Crippen molar-refractivity contribution in [3.8, 4) is 6.07 Å². The van der Waals surface area contributed by atoms with Gasteiger partial charge in [0.25, 0.3) is 0 Å². The molecule has 1 aromatic carbocycles. The summed E-state index contributed by atoms with van der Waals surface area (Å²) in [6, 6.07) is 11.0. The van der Waals surface area contributed by atoms with Gasteiger partial charge in [0.15, 0.2) is 5.11 Å². The Bertz CT molecular complexity index is 498. The summed E-state index contributed by atoms with van der Waals surface area (Å²) in [5.74, 6) is 0. The molecule has 0 aromatic heterocycles. The lowest BCUT2D eigenvalue weighted by Gasteiger charge is -2.36. The van der Waals surface area contributed by atoms with Gasteiger partial charge >= 0.3 is 0 Å². The number of nitrogens with one attached hydrogen (secondary N) is 1. The van der Waals surface area contributed by atoms with E-state index in [9.17, 15) is 0 Å². The third-order valence-electron chi connectivity index (χ3n) is 4.04. The lowest BCUT2D eigenvalue weighted by atomic mass is 9.94. The van der Waals surface area contributed by atoms with E-state index in [2.05, 4.69) is 35.3 Å². The standard InChI is InChI=1S/C17H23N3S/c1-14-8-10-15(11-9-14)19-17(21)20(13-5-12-18)16-6-3-2-4-7-16/h8-11,16H,2-7,13H2,1H3,(H,19,21). The van der Waals surface area contributed by atoms with Crippen LogP contribution in [0.1, 0.15) is 44.1 Å². The highest BCUT2D eigenvalue weighted by molar-refractivity contribution is 7.80. The molecule has 4 heteroatoms. The van der Waals surface area contributed by atoms with Crippen molar-refractivity contribution in [1.82, 2.24) is 4.90 Å². The highest BCUT2D eigenvalue weighted by Gasteiger charge is 2.22. The SMILES string of the molecule is Cc1ccc(NC(=S)N(CCC#N)C2CCCCC2)cc1. The molecule has 0 radical (unpaired) electrons. The quantitative estimate of drug-likeness (QED) is 0.844. The third-order valence-corrected chi connectivity index (χ3v) is 4.38. The number of nitriles is 1. The second-order valence-electron chi connectivity index (χ2n) is 5.69. The Morgan fingerprint density at radius 3 is 2.57 bits per heavy atom. The van der Waals surface area contributed by atoms with Gasteiger partial charge in [0.1, 0.15) is 0 Å². The molecule has 112 valence electrons. The Balaban J connectivity index is 2.02. The number of anilines is 1. The van der Waals surface area contributed by atoms with E-state index in [0.717, 1.165) is 17.3 Å². The number of benzene rings is 1. The van der Waals surface area contributed by atoms with Crippen molar-refractivity contribution in [2.75, 3.05) is 11.9 Å². The van der Waals surface area contributed by atoms with Crippen molar-refractivity contribution in [2.24, 2.45) is 0 Å². The highest BCUT2D eigenvalue weighted by Crippen LogP contribution is 2.23. The van der Waals surface area contributed by atoms with Crippen molar-refractivity contribution in [1.29, 1.82) is 5.26 Å². The van der Waals surface area contributed by atoms with Gasteiger partial charge in [-0.2, -0.15) is 5.26 Å². The van der Waals surface area contributed by atoms with E-state index in [1.807, 2.05) is 12.1 Å². The van der Waals surface area contributed by atoms with Gasteiger partial charge in [0, 0.05) is 18.3 Å². The van der Waals surface area contributed by atoms with Crippen LogP contribution in [0.4, 0.5) is 5.69 Å². The van der Waals surface area contributed by atoms with Gasteiger partial charge in [-0.1, -0.05) is 37.0 Å². The minimum atomic E-state index is 0.484. The zero-order valence-electron chi connectivity index (χ0n) is 12.6. The van der Waals surface area contributed by atoms with Gasteiger partial charge in [-0.3, -0.25) is 0 Å². The third kappa shape index (κ3) is 4.71. The van der Waals surface area contributed by atoms with E-state index in [-0.39, 0.29) is 0 Å². The van der Waals surface area contributed by atoms with Crippen molar-refractivity contribution in [2.45, 2.75) is 51.5 Å². The fraction of sp³-hybridized carbons (Fsp3) is 0.529. The van der Waals surface area contributed by atoms with E-state index in [1.165, 1.54) is 37.7 Å². The smallest absolute Gasteiger partial charge is 0.173 e. The van der Waals surface area contributed by atoms with Gasteiger partial charge in [0.2, 0.25) is 0 Å². The lowest BCUT2D eigenvalue weighted by Crippen LogP contribution is -2.44. The van der Waals surface area contributed by atoms with E-state index in [1.54, 1.807) is 0 Å². The number of hydrogen-bond donors (Lipinski definition) is 1. The summed E-state index contributed by atoms with van der Waals surface area (Å²) in [6.45, 7) is 2.79. The zero-order chi connectivity index (χ0) is 15.1. The zero-order valence-corrected chi connectivity index (χ0v) is 13.5. The summed E-state index contributed by atoms with van der Waals surface area (Å²) < 4.78 is 0. The topological polar surface area (TPSA) is 39.1 Å². The van der Waals surface area contributed by atoms with Gasteiger partial charge in [-0.05, 0) is 44.1 Å². The second-order valence-corrected chi connectivity index (χ2v) is 6.08. The van der Waals surface area contributed by atoms with Crippen LogP contribution in [-0.2, 0) is 0 Å². The Kier molecular flexibility index (Phi) is 6.01. The summed E-state index contributed by atoms with van der Waals surface area (Å²) in [4.78, 5) is 2.22. The highest BCUT2D eigenvalue weighted by atomic mass is 32.1. The Labute approximate surface area is 133 Å². The first-order valence-electron chi connectivity index (χ1n) is 7.72. The monoisotopic (exact) mass is 301 g/mol. The van der Waals surface area contributed by atoms with Crippen LogP contribution in [0.3, 0.4) is 0 Å². The molecular weight excluding hydrogens is 278 g/mol. The lowest BCUT2D eigenvalue weighted by molar-refractivity contribution is 0.250.